The third-order valence-corrected chi connectivity index (χ3v) is 2.78. The first-order valence-corrected chi connectivity index (χ1v) is 5.94. The summed E-state index contributed by atoms with van der Waals surface area (Å²) in [5, 5.41) is 14.8. The molecule has 6 heteroatoms. The van der Waals surface area contributed by atoms with Gasteiger partial charge in [-0.3, -0.25) is 4.79 Å². The molecule has 0 fully saturated rings. The van der Waals surface area contributed by atoms with Gasteiger partial charge in [-0.2, -0.15) is 0 Å². The number of carboxylic acid groups (broad SMARTS) is 1. The smallest absolute Gasteiger partial charge is 0.374 e. The van der Waals surface area contributed by atoms with Crippen molar-refractivity contribution in [3.8, 4) is 0 Å². The maximum atomic E-state index is 11.7. The van der Waals surface area contributed by atoms with Gasteiger partial charge in [-0.1, -0.05) is 25.4 Å². The van der Waals surface area contributed by atoms with Crippen molar-refractivity contribution in [2.24, 2.45) is 5.92 Å². The summed E-state index contributed by atoms with van der Waals surface area (Å²) in [6.45, 7) is 6.11. The summed E-state index contributed by atoms with van der Waals surface area (Å²) in [7, 11) is 0. The zero-order chi connectivity index (χ0) is 13.7. The zero-order valence-electron chi connectivity index (χ0n) is 10.8. The molecule has 0 aliphatic rings. The topological polar surface area (TPSA) is 92.4 Å². The van der Waals surface area contributed by atoms with E-state index in [-0.39, 0.29) is 17.5 Å². The van der Waals surface area contributed by atoms with Gasteiger partial charge in [-0.05, 0) is 19.3 Å². The lowest BCUT2D eigenvalue weighted by molar-refractivity contribution is 0.0651. The van der Waals surface area contributed by atoms with Crippen LogP contribution < -0.4 is 5.32 Å². The standard InChI is InChI=1S/C12H18N2O4/c1-4-7(2)5-8(3)13-11(15)9-6-10(12(16)17)18-14-9/h6-8H,4-5H2,1-3H3,(H,13,15)(H,16,17). The Morgan fingerprint density at radius 1 is 1.50 bits per heavy atom. The summed E-state index contributed by atoms with van der Waals surface area (Å²) < 4.78 is 4.52. The number of rotatable bonds is 6. The monoisotopic (exact) mass is 254 g/mol. The maximum Gasteiger partial charge on any atom is 0.374 e. The first kappa shape index (κ1) is 14.2. The molecule has 2 atom stereocenters. The van der Waals surface area contributed by atoms with Crippen molar-refractivity contribution in [2.75, 3.05) is 0 Å². The van der Waals surface area contributed by atoms with E-state index in [2.05, 4.69) is 28.8 Å². The van der Waals surface area contributed by atoms with Crippen LogP contribution in [0.4, 0.5) is 0 Å². The fraction of sp³-hybridized carbons (Fsp3) is 0.583. The van der Waals surface area contributed by atoms with Gasteiger partial charge in [0.1, 0.15) is 0 Å². The van der Waals surface area contributed by atoms with Gasteiger partial charge in [-0.25, -0.2) is 4.79 Å². The van der Waals surface area contributed by atoms with Crippen molar-refractivity contribution >= 4 is 11.9 Å². The Balaban J connectivity index is 2.56. The molecule has 1 heterocycles. The maximum absolute atomic E-state index is 11.7. The highest BCUT2D eigenvalue weighted by molar-refractivity contribution is 5.94. The molecule has 1 aromatic rings. The molecule has 18 heavy (non-hydrogen) atoms. The fourth-order valence-corrected chi connectivity index (χ4v) is 1.61. The molecule has 1 aromatic heterocycles. The van der Waals surface area contributed by atoms with Gasteiger partial charge in [0.15, 0.2) is 5.69 Å². The number of amides is 1. The highest BCUT2D eigenvalue weighted by atomic mass is 16.5. The third kappa shape index (κ3) is 3.87. The second-order valence-electron chi connectivity index (χ2n) is 4.51. The molecular formula is C12H18N2O4. The van der Waals surface area contributed by atoms with Crippen LogP contribution >= 0.6 is 0 Å². The summed E-state index contributed by atoms with van der Waals surface area (Å²) in [5.74, 6) is -1.47. The molecule has 0 radical (unpaired) electrons. The molecule has 0 aliphatic carbocycles. The van der Waals surface area contributed by atoms with Gasteiger partial charge >= 0.3 is 5.97 Å². The number of hydrogen-bond acceptors (Lipinski definition) is 4. The molecule has 0 bridgehead atoms. The molecule has 0 aromatic carbocycles. The molecular weight excluding hydrogens is 236 g/mol. The van der Waals surface area contributed by atoms with E-state index in [1.165, 1.54) is 0 Å². The molecule has 6 nitrogen and oxygen atoms in total. The lowest BCUT2D eigenvalue weighted by atomic mass is 10.0. The van der Waals surface area contributed by atoms with Crippen molar-refractivity contribution in [1.82, 2.24) is 10.5 Å². The largest absolute Gasteiger partial charge is 0.475 e. The van der Waals surface area contributed by atoms with Crippen LogP contribution in [0.1, 0.15) is 54.7 Å². The summed E-state index contributed by atoms with van der Waals surface area (Å²) in [5.41, 5.74) is -0.0107. The summed E-state index contributed by atoms with van der Waals surface area (Å²) >= 11 is 0. The summed E-state index contributed by atoms with van der Waals surface area (Å²) in [4.78, 5) is 22.3. The van der Waals surface area contributed by atoms with Crippen LogP contribution in [0.5, 0.6) is 0 Å². The molecule has 0 saturated heterocycles. The minimum absolute atomic E-state index is 0.0107. The Kier molecular flexibility index (Phi) is 4.88. The van der Waals surface area contributed by atoms with E-state index in [1.807, 2.05) is 6.92 Å². The highest BCUT2D eigenvalue weighted by Gasteiger charge is 2.18. The lowest BCUT2D eigenvalue weighted by Crippen LogP contribution is -2.33. The van der Waals surface area contributed by atoms with Gasteiger partial charge in [0.2, 0.25) is 5.76 Å². The molecule has 1 rings (SSSR count). The van der Waals surface area contributed by atoms with Gasteiger partial charge < -0.3 is 14.9 Å². The van der Waals surface area contributed by atoms with Crippen LogP contribution in [-0.4, -0.2) is 28.2 Å². The van der Waals surface area contributed by atoms with E-state index in [0.29, 0.717) is 5.92 Å². The van der Waals surface area contributed by atoms with E-state index in [9.17, 15) is 9.59 Å². The number of hydrogen-bond donors (Lipinski definition) is 2. The lowest BCUT2D eigenvalue weighted by Gasteiger charge is -2.16. The third-order valence-electron chi connectivity index (χ3n) is 2.78. The average Bonchev–Trinajstić information content (AvgIpc) is 2.77. The quantitative estimate of drug-likeness (QED) is 0.809. The van der Waals surface area contributed by atoms with Crippen LogP contribution in [0.2, 0.25) is 0 Å². The molecule has 0 spiro atoms. The normalized spacial score (nSPS) is 13.9. The van der Waals surface area contributed by atoms with Crippen molar-refractivity contribution in [3.05, 3.63) is 17.5 Å². The molecule has 2 unspecified atom stereocenters. The first-order chi connectivity index (χ1) is 8.43. The predicted octanol–water partition coefficient (Wildman–Crippen LogP) is 1.93. The molecule has 0 aliphatic heterocycles. The van der Waals surface area contributed by atoms with Gasteiger partial charge in [0.25, 0.3) is 5.91 Å². The second-order valence-corrected chi connectivity index (χ2v) is 4.51. The minimum atomic E-state index is -1.24. The van der Waals surface area contributed by atoms with Crippen LogP contribution in [0, 0.1) is 5.92 Å². The number of carbonyl (C=O) groups is 2. The Morgan fingerprint density at radius 2 is 2.17 bits per heavy atom. The van der Waals surface area contributed by atoms with Crippen LogP contribution in [0.25, 0.3) is 0 Å². The van der Waals surface area contributed by atoms with Gasteiger partial charge in [0, 0.05) is 12.1 Å². The summed E-state index contributed by atoms with van der Waals surface area (Å²) in [6, 6.07) is 1.13. The molecule has 0 saturated carbocycles. The second kappa shape index (κ2) is 6.18. The zero-order valence-corrected chi connectivity index (χ0v) is 10.8. The van der Waals surface area contributed by atoms with Gasteiger partial charge in [-0.15, -0.1) is 0 Å². The molecule has 100 valence electrons. The number of nitrogens with one attached hydrogen (secondary N) is 1. The van der Waals surface area contributed by atoms with E-state index in [4.69, 9.17) is 5.11 Å². The van der Waals surface area contributed by atoms with Crippen LogP contribution in [0.3, 0.4) is 0 Å². The first-order valence-electron chi connectivity index (χ1n) is 5.94. The molecule has 1 amide bonds. The van der Waals surface area contributed by atoms with Gasteiger partial charge in [0.05, 0.1) is 0 Å². The van der Waals surface area contributed by atoms with Crippen molar-refractivity contribution < 1.29 is 19.2 Å². The van der Waals surface area contributed by atoms with E-state index < -0.39 is 11.9 Å². The molecule has 2 N–H and O–H groups in total. The minimum Gasteiger partial charge on any atom is -0.475 e. The van der Waals surface area contributed by atoms with Crippen molar-refractivity contribution in [1.29, 1.82) is 0 Å². The Hall–Kier alpha value is -1.85. The van der Waals surface area contributed by atoms with Crippen molar-refractivity contribution in [2.45, 2.75) is 39.7 Å². The number of carbonyl (C=O) groups excluding carboxylic acids is 1. The Morgan fingerprint density at radius 3 is 2.67 bits per heavy atom. The van der Waals surface area contributed by atoms with E-state index >= 15 is 0 Å². The highest BCUT2D eigenvalue weighted by Crippen LogP contribution is 2.10. The van der Waals surface area contributed by atoms with Crippen LogP contribution in [-0.2, 0) is 0 Å². The Bertz CT molecular complexity index is 427. The SMILES string of the molecule is CCC(C)CC(C)NC(=O)c1cc(C(=O)O)on1. The van der Waals surface area contributed by atoms with Crippen molar-refractivity contribution in [3.63, 3.8) is 0 Å². The number of aromatic nitrogens is 1. The van der Waals surface area contributed by atoms with E-state index in [0.717, 1.165) is 18.9 Å². The summed E-state index contributed by atoms with van der Waals surface area (Å²) in [6.07, 6.45) is 1.92. The number of nitrogens with zero attached hydrogens (tertiary/aromatic N) is 1. The predicted molar refractivity (Wildman–Crippen MR) is 64.5 cm³/mol. The number of carboxylic acids is 1. The fourth-order valence-electron chi connectivity index (χ4n) is 1.61. The van der Waals surface area contributed by atoms with Crippen LogP contribution in [0.15, 0.2) is 10.6 Å². The number of aromatic carboxylic acids is 1. The Labute approximate surface area is 105 Å². The average molecular weight is 254 g/mol. The van der Waals surface area contributed by atoms with E-state index in [1.54, 1.807) is 0 Å².